The molecule has 0 saturated carbocycles. The van der Waals surface area contributed by atoms with Gasteiger partial charge in [-0.3, -0.25) is 0 Å². The smallest absolute Gasteiger partial charge is 0.337 e. The zero-order chi connectivity index (χ0) is 12.4. The van der Waals surface area contributed by atoms with Crippen LogP contribution in [0.2, 0.25) is 0 Å². The number of anilines is 2. The number of carbonyl (C=O) groups excluding carboxylic acids is 1. The van der Waals surface area contributed by atoms with E-state index in [1.807, 2.05) is 6.07 Å². The van der Waals surface area contributed by atoms with Gasteiger partial charge in [0.15, 0.2) is 0 Å². The first-order valence-electron chi connectivity index (χ1n) is 5.88. The summed E-state index contributed by atoms with van der Waals surface area (Å²) in [5.41, 5.74) is 8.19. The number of carbonyl (C=O) groups is 1. The summed E-state index contributed by atoms with van der Waals surface area (Å²) in [6.45, 7) is 3.17. The summed E-state index contributed by atoms with van der Waals surface area (Å²) < 4.78 is 4.72. The maximum absolute atomic E-state index is 11.5. The van der Waals surface area contributed by atoms with E-state index in [0.29, 0.717) is 17.3 Å². The summed E-state index contributed by atoms with van der Waals surface area (Å²) in [6, 6.07) is 5.77. The summed E-state index contributed by atoms with van der Waals surface area (Å²) in [4.78, 5) is 13.7. The summed E-state index contributed by atoms with van der Waals surface area (Å²) in [6.07, 6.45) is 2.34. The first-order chi connectivity index (χ1) is 8.13. The van der Waals surface area contributed by atoms with Crippen molar-refractivity contribution in [3.05, 3.63) is 23.8 Å². The van der Waals surface area contributed by atoms with Crippen molar-refractivity contribution in [2.45, 2.75) is 25.8 Å². The van der Waals surface area contributed by atoms with Crippen molar-refractivity contribution in [1.82, 2.24) is 0 Å². The number of benzene rings is 1. The predicted octanol–water partition coefficient (Wildman–Crippen LogP) is 2.04. The lowest BCUT2D eigenvalue weighted by Crippen LogP contribution is -2.27. The highest BCUT2D eigenvalue weighted by molar-refractivity contribution is 5.92. The van der Waals surface area contributed by atoms with Crippen LogP contribution < -0.4 is 10.6 Å². The summed E-state index contributed by atoms with van der Waals surface area (Å²) in [5.74, 6) is -0.321. The third-order valence-electron chi connectivity index (χ3n) is 3.31. The van der Waals surface area contributed by atoms with Crippen LogP contribution in [-0.4, -0.2) is 25.7 Å². The number of esters is 1. The van der Waals surface area contributed by atoms with Gasteiger partial charge in [-0.05, 0) is 38.0 Å². The topological polar surface area (TPSA) is 55.6 Å². The lowest BCUT2D eigenvalue weighted by molar-refractivity contribution is 0.0601. The Hall–Kier alpha value is -1.71. The van der Waals surface area contributed by atoms with Crippen molar-refractivity contribution in [3.63, 3.8) is 0 Å². The fourth-order valence-corrected chi connectivity index (χ4v) is 2.33. The number of nitrogens with two attached hydrogens (primary N) is 1. The second-order valence-corrected chi connectivity index (χ2v) is 4.45. The van der Waals surface area contributed by atoms with Crippen molar-refractivity contribution in [2.75, 3.05) is 24.3 Å². The number of ether oxygens (including phenoxy) is 1. The molecule has 1 aromatic rings. The van der Waals surface area contributed by atoms with Crippen LogP contribution in [0.4, 0.5) is 11.4 Å². The van der Waals surface area contributed by atoms with E-state index in [1.165, 1.54) is 20.0 Å². The molecule has 2 N–H and O–H groups in total. The second kappa shape index (κ2) is 4.65. The molecule has 1 fully saturated rings. The molecule has 0 amide bonds. The van der Waals surface area contributed by atoms with Gasteiger partial charge in [-0.25, -0.2) is 4.79 Å². The van der Waals surface area contributed by atoms with Crippen LogP contribution in [0.25, 0.3) is 0 Å². The van der Waals surface area contributed by atoms with Crippen molar-refractivity contribution in [1.29, 1.82) is 0 Å². The molecule has 4 nitrogen and oxygen atoms in total. The molecular formula is C13H18N2O2. The quantitative estimate of drug-likeness (QED) is 0.628. The van der Waals surface area contributed by atoms with Crippen LogP contribution >= 0.6 is 0 Å². The van der Waals surface area contributed by atoms with Crippen LogP contribution in [0.1, 0.15) is 30.1 Å². The molecule has 2 rings (SSSR count). The summed E-state index contributed by atoms with van der Waals surface area (Å²) in [7, 11) is 1.39. The maximum atomic E-state index is 11.5. The molecule has 0 radical (unpaired) electrons. The Kier molecular flexibility index (Phi) is 3.22. The number of nitrogen functional groups attached to an aromatic ring is 1. The molecule has 0 bridgehead atoms. The Bertz CT molecular complexity index is 431. The Morgan fingerprint density at radius 1 is 1.53 bits per heavy atom. The van der Waals surface area contributed by atoms with Crippen molar-refractivity contribution >= 4 is 17.3 Å². The van der Waals surface area contributed by atoms with Gasteiger partial charge in [-0.2, -0.15) is 0 Å². The molecule has 0 aromatic heterocycles. The molecule has 1 aromatic carbocycles. The Morgan fingerprint density at radius 3 is 2.88 bits per heavy atom. The third-order valence-corrected chi connectivity index (χ3v) is 3.31. The summed E-state index contributed by atoms with van der Waals surface area (Å²) in [5, 5.41) is 0. The lowest BCUT2D eigenvalue weighted by atomic mass is 10.1. The van der Waals surface area contributed by atoms with Gasteiger partial charge in [0.2, 0.25) is 0 Å². The zero-order valence-corrected chi connectivity index (χ0v) is 10.3. The number of hydrogen-bond acceptors (Lipinski definition) is 4. The van der Waals surface area contributed by atoms with Crippen LogP contribution in [0.5, 0.6) is 0 Å². The molecule has 1 aliphatic heterocycles. The van der Waals surface area contributed by atoms with Gasteiger partial charge in [0.25, 0.3) is 0 Å². The van der Waals surface area contributed by atoms with E-state index in [1.54, 1.807) is 12.1 Å². The van der Waals surface area contributed by atoms with Gasteiger partial charge < -0.3 is 15.4 Å². The Morgan fingerprint density at radius 2 is 2.29 bits per heavy atom. The Labute approximate surface area is 101 Å². The number of rotatable bonds is 2. The van der Waals surface area contributed by atoms with Crippen LogP contribution in [0, 0.1) is 0 Å². The first kappa shape index (κ1) is 11.8. The lowest BCUT2D eigenvalue weighted by Gasteiger charge is -2.25. The van der Waals surface area contributed by atoms with Gasteiger partial charge in [-0.15, -0.1) is 0 Å². The summed E-state index contributed by atoms with van der Waals surface area (Å²) >= 11 is 0. The monoisotopic (exact) mass is 234 g/mol. The van der Waals surface area contributed by atoms with Gasteiger partial charge in [0.05, 0.1) is 24.0 Å². The highest BCUT2D eigenvalue weighted by Crippen LogP contribution is 2.31. The molecule has 0 aliphatic carbocycles. The molecule has 92 valence electrons. The minimum atomic E-state index is -0.321. The van der Waals surface area contributed by atoms with E-state index in [-0.39, 0.29) is 5.97 Å². The second-order valence-electron chi connectivity index (χ2n) is 4.45. The fourth-order valence-electron chi connectivity index (χ4n) is 2.33. The van der Waals surface area contributed by atoms with Crippen LogP contribution in [0.3, 0.4) is 0 Å². The molecule has 1 saturated heterocycles. The van der Waals surface area contributed by atoms with E-state index < -0.39 is 0 Å². The average molecular weight is 234 g/mol. The van der Waals surface area contributed by atoms with Gasteiger partial charge in [0.1, 0.15) is 0 Å². The highest BCUT2D eigenvalue weighted by atomic mass is 16.5. The first-order valence-corrected chi connectivity index (χ1v) is 5.88. The van der Waals surface area contributed by atoms with E-state index in [4.69, 9.17) is 10.5 Å². The minimum absolute atomic E-state index is 0.321. The largest absolute Gasteiger partial charge is 0.465 e. The molecule has 1 atom stereocenters. The molecule has 4 heteroatoms. The SMILES string of the molecule is COC(=O)c1ccc(N)c(N2CCCC2C)c1. The normalized spacial score (nSPS) is 19.4. The minimum Gasteiger partial charge on any atom is -0.465 e. The van der Waals surface area contributed by atoms with Gasteiger partial charge in [-0.1, -0.05) is 0 Å². The van der Waals surface area contributed by atoms with Gasteiger partial charge in [0, 0.05) is 12.6 Å². The Balaban J connectivity index is 2.35. The number of nitrogens with zero attached hydrogens (tertiary/aromatic N) is 1. The fraction of sp³-hybridized carbons (Fsp3) is 0.462. The van der Waals surface area contributed by atoms with Crippen molar-refractivity contribution < 1.29 is 9.53 Å². The highest BCUT2D eigenvalue weighted by Gasteiger charge is 2.23. The number of hydrogen-bond donors (Lipinski definition) is 1. The van der Waals surface area contributed by atoms with Gasteiger partial charge >= 0.3 is 5.97 Å². The molecule has 1 heterocycles. The maximum Gasteiger partial charge on any atom is 0.337 e. The van der Waals surface area contributed by atoms with E-state index >= 15 is 0 Å². The standard InChI is InChI=1S/C13H18N2O2/c1-9-4-3-7-15(9)12-8-10(13(16)17-2)5-6-11(12)14/h5-6,8-9H,3-4,7,14H2,1-2H3. The van der Waals surface area contributed by atoms with E-state index in [2.05, 4.69) is 11.8 Å². The zero-order valence-electron chi connectivity index (χ0n) is 10.3. The van der Waals surface area contributed by atoms with Crippen LogP contribution in [0.15, 0.2) is 18.2 Å². The molecule has 1 unspecified atom stereocenters. The average Bonchev–Trinajstić information content (AvgIpc) is 2.75. The predicted molar refractivity (Wildman–Crippen MR) is 68.2 cm³/mol. The van der Waals surface area contributed by atoms with Crippen molar-refractivity contribution in [3.8, 4) is 0 Å². The van der Waals surface area contributed by atoms with Crippen molar-refractivity contribution in [2.24, 2.45) is 0 Å². The van der Waals surface area contributed by atoms with E-state index in [9.17, 15) is 4.79 Å². The number of methoxy groups -OCH3 is 1. The molecule has 0 spiro atoms. The van der Waals surface area contributed by atoms with Crippen LogP contribution in [-0.2, 0) is 4.74 Å². The third kappa shape index (κ3) is 2.20. The molecular weight excluding hydrogens is 216 g/mol. The van der Waals surface area contributed by atoms with E-state index in [0.717, 1.165) is 12.2 Å². The molecule has 1 aliphatic rings. The molecule has 17 heavy (non-hydrogen) atoms.